The molecule has 0 radical (unpaired) electrons. The summed E-state index contributed by atoms with van der Waals surface area (Å²) in [4.78, 5) is 0. The summed E-state index contributed by atoms with van der Waals surface area (Å²) in [5.74, 6) is 0.397. The topological polar surface area (TPSA) is 69.4 Å². The first kappa shape index (κ1) is 9.95. The summed E-state index contributed by atoms with van der Waals surface area (Å²) >= 11 is 0. The summed E-state index contributed by atoms with van der Waals surface area (Å²) in [7, 11) is -3.28. The highest BCUT2D eigenvalue weighted by Gasteiger charge is 2.36. The maximum atomic E-state index is 10.8. The minimum atomic E-state index is -3.28. The maximum Gasteiger partial charge on any atom is 0.211 e. The van der Waals surface area contributed by atoms with Gasteiger partial charge in [0.15, 0.2) is 0 Å². The molecule has 0 spiro atoms. The van der Waals surface area contributed by atoms with E-state index in [9.17, 15) is 8.42 Å². The van der Waals surface area contributed by atoms with Gasteiger partial charge in [-0.25, -0.2) is 13.6 Å². The summed E-state index contributed by atoms with van der Waals surface area (Å²) in [6, 6.07) is 0. The molecule has 4 nitrogen and oxygen atoms in total. The van der Waals surface area contributed by atoms with Crippen LogP contribution in [0.3, 0.4) is 0 Å². The van der Waals surface area contributed by atoms with Gasteiger partial charge in [0.05, 0.1) is 5.25 Å². The lowest BCUT2D eigenvalue weighted by atomic mass is 9.85. The second-order valence-corrected chi connectivity index (χ2v) is 5.05. The molecule has 1 saturated carbocycles. The first-order chi connectivity index (χ1) is 5.54. The Morgan fingerprint density at radius 2 is 2.08 bits per heavy atom. The average molecular weight is 193 g/mol. The van der Waals surface area contributed by atoms with Crippen molar-refractivity contribution in [2.75, 3.05) is 13.2 Å². The molecule has 0 atom stereocenters. The van der Waals surface area contributed by atoms with Crippen molar-refractivity contribution in [2.45, 2.75) is 25.0 Å². The third-order valence-electron chi connectivity index (χ3n) is 2.21. The predicted octanol–water partition coefficient (Wildman–Crippen LogP) is 0.0900. The Hall–Kier alpha value is -0.130. The van der Waals surface area contributed by atoms with E-state index in [1.165, 1.54) is 0 Å². The highest BCUT2D eigenvalue weighted by Crippen LogP contribution is 2.31. The molecule has 0 saturated heterocycles. The standard InChI is InChI=1S/C7H15NO3S/c1-2-11-5-6-3-7(4-6)12(8,9)10/h6-7H,2-5H2,1H3,(H2,8,9,10). The molecule has 1 aliphatic rings. The third kappa shape index (κ3) is 2.43. The van der Waals surface area contributed by atoms with E-state index in [4.69, 9.17) is 9.88 Å². The number of ether oxygens (including phenoxy) is 1. The van der Waals surface area contributed by atoms with Crippen LogP contribution in [-0.4, -0.2) is 26.9 Å². The second-order valence-electron chi connectivity index (χ2n) is 3.21. The molecule has 1 aliphatic carbocycles. The molecule has 0 aromatic heterocycles. The van der Waals surface area contributed by atoms with Gasteiger partial charge in [0, 0.05) is 13.2 Å². The number of hydrogen-bond acceptors (Lipinski definition) is 3. The lowest BCUT2D eigenvalue weighted by Crippen LogP contribution is -2.41. The highest BCUT2D eigenvalue weighted by molar-refractivity contribution is 7.89. The molecule has 0 aliphatic heterocycles. The zero-order valence-corrected chi connectivity index (χ0v) is 8.01. The van der Waals surface area contributed by atoms with Crippen molar-refractivity contribution in [1.29, 1.82) is 0 Å². The maximum absolute atomic E-state index is 10.8. The highest BCUT2D eigenvalue weighted by atomic mass is 32.2. The Morgan fingerprint density at radius 3 is 2.50 bits per heavy atom. The smallest absolute Gasteiger partial charge is 0.211 e. The predicted molar refractivity (Wildman–Crippen MR) is 46.1 cm³/mol. The largest absolute Gasteiger partial charge is 0.381 e. The second kappa shape index (κ2) is 3.72. The average Bonchev–Trinajstić information content (AvgIpc) is 1.81. The Labute approximate surface area is 73.1 Å². The molecule has 0 bridgehead atoms. The fourth-order valence-corrected chi connectivity index (χ4v) is 2.44. The van der Waals surface area contributed by atoms with Crippen LogP contribution in [0.2, 0.25) is 0 Å². The van der Waals surface area contributed by atoms with Gasteiger partial charge in [0.1, 0.15) is 0 Å². The van der Waals surface area contributed by atoms with E-state index in [2.05, 4.69) is 0 Å². The molecule has 0 unspecified atom stereocenters. The van der Waals surface area contributed by atoms with E-state index >= 15 is 0 Å². The van der Waals surface area contributed by atoms with E-state index in [-0.39, 0.29) is 5.25 Å². The minimum absolute atomic E-state index is 0.317. The molecule has 0 heterocycles. The first-order valence-electron chi connectivity index (χ1n) is 4.13. The van der Waals surface area contributed by atoms with E-state index in [0.29, 0.717) is 32.0 Å². The molecule has 1 fully saturated rings. The summed E-state index contributed by atoms with van der Waals surface area (Å²) in [6.45, 7) is 3.29. The molecule has 0 amide bonds. The lowest BCUT2D eigenvalue weighted by molar-refractivity contribution is 0.0803. The van der Waals surface area contributed by atoms with Crippen LogP contribution in [0, 0.1) is 5.92 Å². The molecule has 72 valence electrons. The molecule has 5 heteroatoms. The van der Waals surface area contributed by atoms with E-state index in [1.807, 2.05) is 6.92 Å². The number of sulfonamides is 1. The van der Waals surface area contributed by atoms with Gasteiger partial charge < -0.3 is 4.74 Å². The quantitative estimate of drug-likeness (QED) is 0.688. The van der Waals surface area contributed by atoms with Crippen LogP contribution in [-0.2, 0) is 14.8 Å². The fourth-order valence-electron chi connectivity index (χ4n) is 1.36. The van der Waals surface area contributed by atoms with Crippen LogP contribution in [0.5, 0.6) is 0 Å². The normalized spacial score (nSPS) is 29.8. The van der Waals surface area contributed by atoms with Crippen LogP contribution in [0.15, 0.2) is 0 Å². The number of rotatable bonds is 4. The summed E-state index contributed by atoms with van der Waals surface area (Å²) in [6.07, 6.45) is 1.33. The van der Waals surface area contributed by atoms with Gasteiger partial charge in [-0.1, -0.05) is 0 Å². The van der Waals surface area contributed by atoms with Gasteiger partial charge in [0.2, 0.25) is 10.0 Å². The van der Waals surface area contributed by atoms with Crippen molar-refractivity contribution in [3.8, 4) is 0 Å². The van der Waals surface area contributed by atoms with Gasteiger partial charge in [-0.2, -0.15) is 0 Å². The van der Waals surface area contributed by atoms with Gasteiger partial charge in [0.25, 0.3) is 0 Å². The van der Waals surface area contributed by atoms with Crippen LogP contribution >= 0.6 is 0 Å². The lowest BCUT2D eigenvalue weighted by Gasteiger charge is -2.32. The van der Waals surface area contributed by atoms with Crippen molar-refractivity contribution in [3.05, 3.63) is 0 Å². The zero-order valence-electron chi connectivity index (χ0n) is 7.19. The number of hydrogen-bond donors (Lipinski definition) is 1. The van der Waals surface area contributed by atoms with Crippen LogP contribution < -0.4 is 5.14 Å². The Balaban J connectivity index is 2.20. The first-order valence-corrected chi connectivity index (χ1v) is 5.74. The van der Waals surface area contributed by atoms with Crippen LogP contribution in [0.1, 0.15) is 19.8 Å². The molecular formula is C7H15NO3S. The third-order valence-corrected chi connectivity index (χ3v) is 3.53. The summed E-state index contributed by atoms with van der Waals surface area (Å²) in [5.41, 5.74) is 0. The van der Waals surface area contributed by atoms with Crippen LogP contribution in [0.4, 0.5) is 0 Å². The van der Waals surface area contributed by atoms with Crippen molar-refractivity contribution < 1.29 is 13.2 Å². The van der Waals surface area contributed by atoms with Crippen LogP contribution in [0.25, 0.3) is 0 Å². The van der Waals surface area contributed by atoms with Gasteiger partial charge in [-0.05, 0) is 25.7 Å². The molecule has 2 N–H and O–H groups in total. The molecule has 0 aromatic carbocycles. The van der Waals surface area contributed by atoms with E-state index in [0.717, 1.165) is 0 Å². The fraction of sp³-hybridized carbons (Fsp3) is 1.00. The summed E-state index contributed by atoms with van der Waals surface area (Å²) in [5, 5.41) is 4.65. The van der Waals surface area contributed by atoms with Crippen molar-refractivity contribution >= 4 is 10.0 Å². The zero-order chi connectivity index (χ0) is 9.19. The molecule has 12 heavy (non-hydrogen) atoms. The van der Waals surface area contributed by atoms with Gasteiger partial charge in [-0.3, -0.25) is 0 Å². The Morgan fingerprint density at radius 1 is 1.50 bits per heavy atom. The molecular weight excluding hydrogens is 178 g/mol. The Kier molecular flexibility index (Phi) is 3.09. The van der Waals surface area contributed by atoms with Crippen molar-refractivity contribution in [1.82, 2.24) is 0 Å². The summed E-state index contributed by atoms with van der Waals surface area (Å²) < 4.78 is 26.7. The van der Waals surface area contributed by atoms with Gasteiger partial charge >= 0.3 is 0 Å². The van der Waals surface area contributed by atoms with E-state index in [1.54, 1.807) is 0 Å². The van der Waals surface area contributed by atoms with Crippen molar-refractivity contribution in [2.24, 2.45) is 11.1 Å². The Bertz CT molecular complexity index is 231. The SMILES string of the molecule is CCOCC1CC(S(N)(=O)=O)C1. The molecule has 1 rings (SSSR count). The van der Waals surface area contributed by atoms with Gasteiger partial charge in [-0.15, -0.1) is 0 Å². The number of nitrogens with two attached hydrogens (primary N) is 1. The van der Waals surface area contributed by atoms with Crippen molar-refractivity contribution in [3.63, 3.8) is 0 Å². The monoisotopic (exact) mass is 193 g/mol. The molecule has 0 aromatic rings. The van der Waals surface area contributed by atoms with E-state index < -0.39 is 10.0 Å². The minimum Gasteiger partial charge on any atom is -0.381 e. The number of primary sulfonamides is 1.